The average Bonchev–Trinajstić information content (AvgIpc) is 1.57. The summed E-state index contributed by atoms with van der Waals surface area (Å²) < 4.78 is 9.20. The number of para-hydroxylation sites is 2. The van der Waals surface area contributed by atoms with Crippen molar-refractivity contribution in [2.75, 3.05) is 9.80 Å². The molecular formula is C127H75N17Pt2S4. The predicted molar refractivity (Wildman–Crippen MR) is 604 cm³/mol. The topological polar surface area (TPSA) is 184 Å². The minimum absolute atomic E-state index is 0. The number of aromatic nitrogens is 15. The SMILES string of the molecule is [Pt+2].[Pt+2].[c-]1c(-c2ccccn2)cccc1N(c1[c-]c(-c2ccccn2)ccc1)c1ccc(-c2cc3sc(-c4ccc5c(c4)c4nc6ccccc6cc4n5-c4nc(-c5ccccc5)nc(-c5ccccc5)n4)cc3s2)cc1.[c-]1c(-c2ccccn2)cccc1N(c1[c-]c(-c2ccccn2)ccc1)c1ccc(-c2cc3sc(-c4ccc5c(c4)c4nc6ccccc6cc4n5-c4nc(-c5ccccc5)nc(-c5ccccc5)n4)cc3s2)cn1. The Balaban J connectivity index is 0.000000153. The molecule has 0 N–H and O–H groups in total. The summed E-state index contributed by atoms with van der Waals surface area (Å²) in [6.07, 6.45) is 9.19. The molecule has 0 bridgehead atoms. The molecule has 0 unspecified atom stereocenters. The molecule has 15 heterocycles. The second-order valence-corrected chi connectivity index (χ2v) is 39.8. The zero-order chi connectivity index (χ0) is 97.9. The van der Waals surface area contributed by atoms with Gasteiger partial charge in [-0.05, 0) is 184 Å². The Labute approximate surface area is 906 Å². The number of hydrogen-bond acceptors (Lipinski definition) is 19. The molecule has 15 aromatic heterocycles. The van der Waals surface area contributed by atoms with E-state index in [9.17, 15) is 0 Å². The fourth-order valence-corrected chi connectivity index (χ4v) is 23.9. The molecule has 0 spiro atoms. The third-order valence-corrected chi connectivity index (χ3v) is 30.9. The average molecular weight is 2360 g/mol. The van der Waals surface area contributed by atoms with Crippen LogP contribution in [0.4, 0.5) is 34.3 Å². The molecule has 0 aliphatic heterocycles. The van der Waals surface area contributed by atoms with Crippen molar-refractivity contribution in [3.8, 4) is 144 Å². The van der Waals surface area contributed by atoms with Crippen molar-refractivity contribution in [3.05, 3.63) is 480 Å². The third-order valence-electron chi connectivity index (χ3n) is 26.2. The van der Waals surface area contributed by atoms with Crippen molar-refractivity contribution < 1.29 is 42.1 Å². The number of hydrogen-bond donors (Lipinski definition) is 0. The molecule has 0 amide bonds. The van der Waals surface area contributed by atoms with Crippen LogP contribution in [-0.4, -0.2) is 73.9 Å². The standard InChI is InChI=1S/C64H38N8S2.C63H37N9S2.2Pt/c1-3-15-42(16-4-1)62-68-63(43-17-5-2-6-18-43)70-64(69-62)72-55-32-29-47(37-51(55)61-56(72)38-46-19-7-8-26-54(46)67-61)58-40-60-59(74-58)39-57(73-60)41-27-30-48(31-28-41)71(49-22-13-20-44(35-49)52-24-9-11-33-65-52)50-23-14-21-45(36-50)53-25-10-12-34-66-53;1-3-15-40(16-4-1)61-68-62(41-17-5-2-6-18-41)70-63(69-61)72-53-29-27-45(35-49(53)60-54(72)36-44-19-7-8-26-52(44)67-60)55-37-57-58(73-55)38-56(74-57)46-28-30-59(66-39-46)71(47-22-13-20-42(33-47)50-24-9-11-31-64-50)48-23-14-21-43(34-48)51-25-10-12-32-65-51;;/h1-34,37-40H;1-32,35-39H;;/q2*-2;2*+2. The number of nitrogens with zero attached hydrogens (tertiary/aromatic N) is 17. The summed E-state index contributed by atoms with van der Waals surface area (Å²) in [6.45, 7) is 0. The zero-order valence-electron chi connectivity index (χ0n) is 79.2. The first-order valence-corrected chi connectivity index (χ1v) is 51.5. The van der Waals surface area contributed by atoms with Gasteiger partial charge in [-0.25, -0.2) is 24.9 Å². The van der Waals surface area contributed by atoms with E-state index in [1.807, 2.05) is 302 Å². The maximum atomic E-state index is 5.31. The van der Waals surface area contributed by atoms with Crippen LogP contribution in [0, 0.1) is 24.3 Å². The van der Waals surface area contributed by atoms with E-state index in [2.05, 4.69) is 227 Å². The van der Waals surface area contributed by atoms with Gasteiger partial charge in [-0.15, -0.1) is 165 Å². The minimum atomic E-state index is 0. The Morgan fingerprint density at radius 2 is 0.547 bits per heavy atom. The van der Waals surface area contributed by atoms with Crippen molar-refractivity contribution in [1.82, 2.24) is 73.9 Å². The molecule has 28 aromatic rings. The van der Waals surface area contributed by atoms with Gasteiger partial charge in [0.15, 0.2) is 23.3 Å². The van der Waals surface area contributed by atoms with Gasteiger partial charge in [0.05, 0.1) is 44.1 Å². The van der Waals surface area contributed by atoms with E-state index in [0.717, 1.165) is 194 Å². The van der Waals surface area contributed by atoms with Crippen molar-refractivity contribution in [2.45, 2.75) is 0 Å². The Bertz CT molecular complexity index is 8970. The molecule has 150 heavy (non-hydrogen) atoms. The summed E-state index contributed by atoms with van der Waals surface area (Å²) >= 11 is 7.18. The number of anilines is 6. The summed E-state index contributed by atoms with van der Waals surface area (Å²) in [5.74, 6) is 4.22. The van der Waals surface area contributed by atoms with Crippen LogP contribution in [-0.2, 0) is 42.1 Å². The van der Waals surface area contributed by atoms with Gasteiger partial charge in [0.25, 0.3) is 0 Å². The van der Waals surface area contributed by atoms with Crippen molar-refractivity contribution in [2.24, 2.45) is 0 Å². The van der Waals surface area contributed by atoms with Gasteiger partial charge in [-0.1, -0.05) is 231 Å². The number of rotatable bonds is 20. The molecule has 0 aliphatic carbocycles. The van der Waals surface area contributed by atoms with Crippen molar-refractivity contribution >= 4 is 164 Å². The van der Waals surface area contributed by atoms with Gasteiger partial charge in [-0.3, -0.25) is 9.13 Å². The monoisotopic (exact) mass is 2360 g/mol. The molecule has 13 aromatic carbocycles. The maximum Gasteiger partial charge on any atom is 2.00 e. The van der Waals surface area contributed by atoms with Crippen molar-refractivity contribution in [1.29, 1.82) is 0 Å². The van der Waals surface area contributed by atoms with Gasteiger partial charge in [-0.2, -0.15) is 19.9 Å². The Morgan fingerprint density at radius 3 is 0.893 bits per heavy atom. The molecule has 28 rings (SSSR count). The van der Waals surface area contributed by atoms with E-state index >= 15 is 0 Å². The number of benzene rings is 13. The molecule has 0 radical (unpaired) electrons. The molecule has 17 nitrogen and oxygen atoms in total. The van der Waals surface area contributed by atoms with Gasteiger partial charge in [0, 0.05) is 124 Å². The van der Waals surface area contributed by atoms with E-state index < -0.39 is 0 Å². The Morgan fingerprint density at radius 1 is 0.227 bits per heavy atom. The van der Waals surface area contributed by atoms with Crippen molar-refractivity contribution in [3.63, 3.8) is 0 Å². The predicted octanol–water partition coefficient (Wildman–Crippen LogP) is 32.7. The minimum Gasteiger partial charge on any atom is -0.346 e. The molecule has 712 valence electrons. The van der Waals surface area contributed by atoms with Crippen LogP contribution in [0.2, 0.25) is 0 Å². The Hall–Kier alpha value is -17.7. The van der Waals surface area contributed by atoms with E-state index in [0.29, 0.717) is 35.2 Å². The van der Waals surface area contributed by atoms with Gasteiger partial charge in [0.1, 0.15) is 5.82 Å². The Kier molecular flexibility index (Phi) is 25.3. The van der Waals surface area contributed by atoms with Crippen LogP contribution < -0.4 is 9.80 Å². The summed E-state index contributed by atoms with van der Waals surface area (Å²) in [5, 5.41) is 4.13. The van der Waals surface area contributed by atoms with Gasteiger partial charge < -0.3 is 29.7 Å². The number of pyridine rings is 7. The second kappa shape index (κ2) is 40.6. The van der Waals surface area contributed by atoms with Crippen LogP contribution in [0.1, 0.15) is 0 Å². The largest absolute Gasteiger partial charge is 2.00 e. The normalized spacial score (nSPS) is 11.4. The molecule has 0 atom stereocenters. The van der Waals surface area contributed by atoms with E-state index in [4.69, 9.17) is 44.9 Å². The van der Waals surface area contributed by atoms with Crippen LogP contribution in [0.3, 0.4) is 0 Å². The number of thiophene rings is 4. The first kappa shape index (κ1) is 93.4. The zero-order valence-corrected chi connectivity index (χ0v) is 87.0. The smallest absolute Gasteiger partial charge is 0.346 e. The van der Waals surface area contributed by atoms with Crippen LogP contribution in [0.15, 0.2) is 456 Å². The second-order valence-electron chi connectivity index (χ2n) is 35.4. The molecule has 0 aliphatic rings. The molecule has 23 heteroatoms. The van der Waals surface area contributed by atoms with E-state index in [1.165, 1.54) is 33.4 Å². The van der Waals surface area contributed by atoms with Gasteiger partial charge in [0.2, 0.25) is 11.9 Å². The van der Waals surface area contributed by atoms with Crippen LogP contribution in [0.5, 0.6) is 0 Å². The number of fused-ring (bicyclic) bond motifs is 10. The summed E-state index contributed by atoms with van der Waals surface area (Å²) in [6, 6.07) is 160. The molecule has 0 fully saturated rings. The first-order chi connectivity index (χ1) is 73.3. The summed E-state index contributed by atoms with van der Waals surface area (Å²) in [5.41, 5.74) is 26.9. The summed E-state index contributed by atoms with van der Waals surface area (Å²) in [7, 11) is 0. The third kappa shape index (κ3) is 18.2. The van der Waals surface area contributed by atoms with Gasteiger partial charge >= 0.3 is 42.1 Å². The maximum absolute atomic E-state index is 5.31. The summed E-state index contributed by atoms with van der Waals surface area (Å²) in [4.78, 5) is 73.8. The molecule has 0 saturated carbocycles. The van der Waals surface area contributed by atoms with E-state index in [-0.39, 0.29) is 42.1 Å². The quantitative estimate of drug-likeness (QED) is 0.0656. The van der Waals surface area contributed by atoms with E-state index in [1.54, 1.807) is 35.1 Å². The first-order valence-electron chi connectivity index (χ1n) is 48.2. The fraction of sp³-hybridized carbons (Fsp3) is 0. The molecular weight excluding hydrogens is 2280 g/mol. The fourth-order valence-electron chi connectivity index (χ4n) is 19.1. The van der Waals surface area contributed by atoms with Crippen LogP contribution >= 0.6 is 45.3 Å². The molecule has 0 saturated heterocycles. The van der Waals surface area contributed by atoms with Crippen LogP contribution in [0.25, 0.3) is 229 Å².